The van der Waals surface area contributed by atoms with Gasteiger partial charge in [-0.05, 0) is 103 Å². The number of esters is 1. The Hall–Kier alpha value is -3.21. The second kappa shape index (κ2) is 9.76. The van der Waals surface area contributed by atoms with Crippen LogP contribution in [0.1, 0.15) is 86.2 Å². The summed E-state index contributed by atoms with van der Waals surface area (Å²) in [7, 11) is 1.49. The van der Waals surface area contributed by atoms with Crippen LogP contribution in [-0.2, 0) is 28.0 Å². The van der Waals surface area contributed by atoms with Gasteiger partial charge in [-0.3, -0.25) is 9.78 Å². The first-order valence-corrected chi connectivity index (χ1v) is 14.3. The van der Waals surface area contributed by atoms with Crippen molar-refractivity contribution in [1.29, 1.82) is 0 Å². The second-order valence-corrected chi connectivity index (χ2v) is 12.5. The van der Waals surface area contributed by atoms with Gasteiger partial charge in [-0.15, -0.1) is 0 Å². The third kappa shape index (κ3) is 4.44. The van der Waals surface area contributed by atoms with E-state index in [0.717, 1.165) is 54.7 Å². The van der Waals surface area contributed by atoms with Crippen LogP contribution in [0.4, 0.5) is 4.39 Å². The van der Waals surface area contributed by atoms with Gasteiger partial charge in [0, 0.05) is 16.7 Å². The average Bonchev–Trinajstić information content (AvgIpc) is 3.48. The van der Waals surface area contributed by atoms with Crippen LogP contribution in [0.15, 0.2) is 48.7 Å². The van der Waals surface area contributed by atoms with Gasteiger partial charge in [-0.25, -0.2) is 4.39 Å². The number of halogens is 1. The molecule has 39 heavy (non-hydrogen) atoms. The first kappa shape index (κ1) is 26.0. The molecule has 3 aliphatic rings. The molecule has 0 amide bonds. The summed E-state index contributed by atoms with van der Waals surface area (Å²) in [6.07, 6.45) is 8.69. The van der Waals surface area contributed by atoms with Crippen molar-refractivity contribution in [1.82, 2.24) is 4.98 Å². The molecule has 0 N–H and O–H groups in total. The zero-order chi connectivity index (χ0) is 27.4. The number of methoxy groups -OCH3 is 1. The maximum Gasteiger partial charge on any atom is 0.309 e. The van der Waals surface area contributed by atoms with Crippen molar-refractivity contribution in [3.8, 4) is 16.9 Å². The second-order valence-electron chi connectivity index (χ2n) is 12.5. The highest BCUT2D eigenvalue weighted by atomic mass is 19.1. The number of hydrogen-bond acceptors (Lipinski definition) is 4. The van der Waals surface area contributed by atoms with Crippen molar-refractivity contribution in [3.05, 3.63) is 82.4 Å². The molecule has 0 bridgehead atoms. The summed E-state index contributed by atoms with van der Waals surface area (Å²) in [5.41, 5.74) is 7.30. The lowest BCUT2D eigenvalue weighted by Gasteiger charge is -2.46. The monoisotopic (exact) mass is 527 g/mol. The molecule has 2 fully saturated rings. The molecule has 1 spiro atoms. The molecule has 5 heteroatoms. The molecule has 0 radical (unpaired) electrons. The van der Waals surface area contributed by atoms with E-state index in [0.29, 0.717) is 18.1 Å². The number of benzene rings is 2. The molecule has 0 aliphatic heterocycles. The predicted octanol–water partition coefficient (Wildman–Crippen LogP) is 7.84. The molecule has 2 aromatic carbocycles. The fourth-order valence-electron chi connectivity index (χ4n) is 7.62. The Morgan fingerprint density at radius 1 is 1.05 bits per heavy atom. The van der Waals surface area contributed by atoms with Gasteiger partial charge < -0.3 is 9.47 Å². The molecule has 6 rings (SSSR count). The summed E-state index contributed by atoms with van der Waals surface area (Å²) < 4.78 is 26.5. The van der Waals surface area contributed by atoms with Crippen molar-refractivity contribution in [2.45, 2.75) is 83.7 Å². The number of carbonyl (C=O) groups is 1. The molecule has 0 saturated heterocycles. The van der Waals surface area contributed by atoms with Crippen LogP contribution in [-0.4, -0.2) is 18.1 Å². The maximum absolute atomic E-state index is 15.0. The molecule has 1 aromatic heterocycles. The summed E-state index contributed by atoms with van der Waals surface area (Å²) >= 11 is 0. The Kier molecular flexibility index (Phi) is 6.52. The zero-order valence-electron chi connectivity index (χ0n) is 23.5. The molecule has 3 aromatic rings. The van der Waals surface area contributed by atoms with E-state index in [1.165, 1.54) is 42.8 Å². The van der Waals surface area contributed by atoms with E-state index in [2.05, 4.69) is 49.2 Å². The standard InChI is InChI=1S/C34H38FNO3/c1-21-16-27(31(35)19-36-21)25-10-7-22(17-26(25)28-6-5-13-33(28,2)3)20-39-24-9-8-23-11-14-34(30(23)18-24)15-12-29(34)32(37)38-4/h7-10,16-19,28-29H,5-6,11-15,20H2,1-4H3/t28-,29-,34+/m0/s1. The lowest BCUT2D eigenvalue weighted by atomic mass is 9.57. The number of pyridine rings is 1. The Labute approximate surface area is 231 Å². The summed E-state index contributed by atoms with van der Waals surface area (Å²) in [5, 5.41) is 0. The topological polar surface area (TPSA) is 48.4 Å². The number of carbonyl (C=O) groups excluding carboxylic acids is 1. The van der Waals surface area contributed by atoms with E-state index in [-0.39, 0.29) is 28.5 Å². The van der Waals surface area contributed by atoms with Gasteiger partial charge in [0.1, 0.15) is 18.2 Å². The van der Waals surface area contributed by atoms with Crippen LogP contribution in [0.5, 0.6) is 5.75 Å². The fourth-order valence-corrected chi connectivity index (χ4v) is 7.62. The number of fused-ring (bicyclic) bond motifs is 2. The van der Waals surface area contributed by atoms with E-state index in [9.17, 15) is 9.18 Å². The minimum absolute atomic E-state index is 0.0545. The van der Waals surface area contributed by atoms with Gasteiger partial charge in [-0.1, -0.05) is 44.5 Å². The van der Waals surface area contributed by atoms with Gasteiger partial charge in [0.05, 0.1) is 19.2 Å². The Morgan fingerprint density at radius 2 is 1.90 bits per heavy atom. The first-order valence-electron chi connectivity index (χ1n) is 14.3. The van der Waals surface area contributed by atoms with Crippen molar-refractivity contribution >= 4 is 5.97 Å². The average molecular weight is 528 g/mol. The summed E-state index contributed by atoms with van der Waals surface area (Å²) in [6.45, 7) is 6.99. The van der Waals surface area contributed by atoms with E-state index in [4.69, 9.17) is 9.47 Å². The van der Waals surface area contributed by atoms with Crippen molar-refractivity contribution in [2.75, 3.05) is 7.11 Å². The van der Waals surface area contributed by atoms with Gasteiger partial charge >= 0.3 is 5.97 Å². The van der Waals surface area contributed by atoms with Crippen LogP contribution in [0.2, 0.25) is 0 Å². The van der Waals surface area contributed by atoms with Crippen LogP contribution < -0.4 is 4.74 Å². The Morgan fingerprint density at radius 3 is 2.62 bits per heavy atom. The lowest BCUT2D eigenvalue weighted by molar-refractivity contribution is -0.153. The third-order valence-corrected chi connectivity index (χ3v) is 9.93. The SMILES string of the molecule is COC(=O)[C@@H]1CC[C@]12CCc1ccc(OCc3ccc(-c4cc(C)ncc4F)c([C@@H]4CCCC4(C)C)c3)cc12. The summed E-state index contributed by atoms with van der Waals surface area (Å²) in [5.74, 6) is 0.752. The molecule has 0 unspecified atom stereocenters. The smallest absolute Gasteiger partial charge is 0.309 e. The molecule has 2 saturated carbocycles. The van der Waals surface area contributed by atoms with Crippen molar-refractivity contribution < 1.29 is 18.7 Å². The number of aromatic nitrogens is 1. The fraction of sp³-hybridized carbons (Fsp3) is 0.471. The van der Waals surface area contributed by atoms with Gasteiger partial charge in [0.2, 0.25) is 0 Å². The number of rotatable bonds is 6. The van der Waals surface area contributed by atoms with Crippen molar-refractivity contribution in [3.63, 3.8) is 0 Å². The van der Waals surface area contributed by atoms with E-state index in [1.54, 1.807) is 0 Å². The molecular weight excluding hydrogens is 489 g/mol. The highest BCUT2D eigenvalue weighted by Gasteiger charge is 2.55. The van der Waals surface area contributed by atoms with E-state index >= 15 is 0 Å². The highest BCUT2D eigenvalue weighted by molar-refractivity contribution is 5.77. The molecular formula is C34H38FNO3. The normalized spacial score (nSPS) is 24.8. The van der Waals surface area contributed by atoms with Gasteiger partial charge in [0.15, 0.2) is 0 Å². The highest BCUT2D eigenvalue weighted by Crippen LogP contribution is 2.57. The van der Waals surface area contributed by atoms with Crippen LogP contribution in [0, 0.1) is 24.1 Å². The molecule has 4 nitrogen and oxygen atoms in total. The number of nitrogens with zero attached hydrogens (tertiary/aromatic N) is 1. The largest absolute Gasteiger partial charge is 0.489 e. The molecule has 204 valence electrons. The Bertz CT molecular complexity index is 1430. The number of aryl methyl sites for hydroxylation is 2. The van der Waals surface area contributed by atoms with Crippen LogP contribution in [0.25, 0.3) is 11.1 Å². The lowest BCUT2D eigenvalue weighted by Crippen LogP contribution is -2.47. The third-order valence-electron chi connectivity index (χ3n) is 9.93. The number of ether oxygens (including phenoxy) is 2. The minimum Gasteiger partial charge on any atom is -0.489 e. The minimum atomic E-state index is -0.282. The first-order chi connectivity index (χ1) is 18.7. The predicted molar refractivity (Wildman–Crippen MR) is 150 cm³/mol. The maximum atomic E-state index is 15.0. The summed E-state index contributed by atoms with van der Waals surface area (Å²) in [4.78, 5) is 16.6. The van der Waals surface area contributed by atoms with Crippen LogP contribution in [0.3, 0.4) is 0 Å². The van der Waals surface area contributed by atoms with Gasteiger partial charge in [-0.2, -0.15) is 0 Å². The zero-order valence-corrected chi connectivity index (χ0v) is 23.5. The number of hydrogen-bond donors (Lipinski definition) is 0. The van der Waals surface area contributed by atoms with Crippen LogP contribution >= 0.6 is 0 Å². The Balaban J connectivity index is 1.29. The molecule has 1 heterocycles. The van der Waals surface area contributed by atoms with E-state index < -0.39 is 0 Å². The van der Waals surface area contributed by atoms with Gasteiger partial charge in [0.25, 0.3) is 0 Å². The summed E-state index contributed by atoms with van der Waals surface area (Å²) in [6, 6.07) is 14.6. The molecule has 3 atom stereocenters. The quantitative estimate of drug-likeness (QED) is 0.307. The van der Waals surface area contributed by atoms with Crippen molar-refractivity contribution in [2.24, 2.45) is 11.3 Å². The molecule has 3 aliphatic carbocycles. The van der Waals surface area contributed by atoms with E-state index in [1.807, 2.05) is 19.1 Å².